The molecule has 7 nitrogen and oxygen atoms in total. The van der Waals surface area contributed by atoms with Crippen LogP contribution < -0.4 is 26.0 Å². The quantitative estimate of drug-likeness (QED) is 0.166. The number of halogens is 4. The van der Waals surface area contributed by atoms with E-state index in [4.69, 9.17) is 10.5 Å². The number of anilines is 2. The van der Waals surface area contributed by atoms with Crippen molar-refractivity contribution in [1.29, 1.82) is 0 Å². The number of benzene rings is 3. The van der Waals surface area contributed by atoms with Crippen LogP contribution >= 0.6 is 0 Å². The summed E-state index contributed by atoms with van der Waals surface area (Å²) >= 11 is 0. The monoisotopic (exact) mass is 626 g/mol. The van der Waals surface area contributed by atoms with E-state index in [-0.39, 0.29) is 41.7 Å². The number of piperidine rings is 1. The second kappa shape index (κ2) is 13.0. The molecule has 2 aliphatic rings. The maximum atomic E-state index is 14.6. The fourth-order valence-corrected chi connectivity index (χ4v) is 6.78. The maximum absolute atomic E-state index is 14.6. The van der Waals surface area contributed by atoms with E-state index in [2.05, 4.69) is 15.5 Å². The summed E-state index contributed by atoms with van der Waals surface area (Å²) < 4.78 is 61.5. The van der Waals surface area contributed by atoms with Gasteiger partial charge in [0.2, 0.25) is 11.8 Å². The third-order valence-corrected chi connectivity index (χ3v) is 8.92. The smallest absolute Gasteiger partial charge is 0.242 e. The molecule has 0 radical (unpaired) electrons. The molecule has 2 amide bonds. The fourth-order valence-electron chi connectivity index (χ4n) is 6.78. The molecule has 4 N–H and O–H groups in total. The Hall–Kier alpha value is -4.28. The molecule has 1 unspecified atom stereocenters. The van der Waals surface area contributed by atoms with E-state index in [1.165, 1.54) is 13.1 Å². The number of nitrogens with zero attached hydrogens (tertiary/aromatic N) is 1. The van der Waals surface area contributed by atoms with Crippen LogP contribution in [0.15, 0.2) is 48.5 Å². The molecule has 11 heteroatoms. The van der Waals surface area contributed by atoms with Gasteiger partial charge in [-0.25, -0.2) is 17.6 Å². The second-order valence-electron chi connectivity index (χ2n) is 12.3. The van der Waals surface area contributed by atoms with Crippen LogP contribution in [0, 0.1) is 23.3 Å². The highest BCUT2D eigenvalue weighted by Gasteiger charge is 2.46. The van der Waals surface area contributed by atoms with Crippen LogP contribution in [0.1, 0.15) is 62.1 Å². The van der Waals surface area contributed by atoms with Crippen LogP contribution in [0.2, 0.25) is 0 Å². The highest BCUT2D eigenvalue weighted by Crippen LogP contribution is 2.53. The van der Waals surface area contributed by atoms with Crippen LogP contribution in [0.5, 0.6) is 5.75 Å². The number of carbonyl (C=O) groups is 2. The van der Waals surface area contributed by atoms with Crippen LogP contribution in [0.3, 0.4) is 0 Å². The Morgan fingerprint density at radius 3 is 2.36 bits per heavy atom. The van der Waals surface area contributed by atoms with E-state index in [0.717, 1.165) is 41.8 Å². The number of rotatable bonds is 9. The molecule has 1 aliphatic carbocycles. The van der Waals surface area contributed by atoms with Crippen LogP contribution in [-0.4, -0.2) is 44.1 Å². The van der Waals surface area contributed by atoms with Gasteiger partial charge in [-0.05, 0) is 97.5 Å². The summed E-state index contributed by atoms with van der Waals surface area (Å²) in [6.07, 6.45) is 1.91. The summed E-state index contributed by atoms with van der Waals surface area (Å²) in [6, 6.07) is 10.9. The van der Waals surface area contributed by atoms with Crippen molar-refractivity contribution in [2.45, 2.75) is 69.4 Å². The van der Waals surface area contributed by atoms with E-state index in [9.17, 15) is 27.2 Å². The number of nitrogen functional groups attached to an aromatic ring is 1. The van der Waals surface area contributed by atoms with Gasteiger partial charge < -0.3 is 26.0 Å². The lowest BCUT2D eigenvalue weighted by molar-refractivity contribution is -0.128. The normalized spacial score (nSPS) is 17.7. The number of amides is 2. The number of hydrogen-bond acceptors (Lipinski definition) is 5. The van der Waals surface area contributed by atoms with Crippen LogP contribution in [-0.2, 0) is 21.4 Å². The van der Waals surface area contributed by atoms with Gasteiger partial charge in [-0.15, -0.1) is 0 Å². The van der Waals surface area contributed by atoms with Crippen molar-refractivity contribution in [3.63, 3.8) is 0 Å². The fraction of sp³-hybridized carbons (Fsp3) is 0.412. The number of ether oxygens (including phenoxy) is 1. The molecular formula is C34H38F4N4O3. The molecule has 1 fully saturated rings. The maximum Gasteiger partial charge on any atom is 0.242 e. The lowest BCUT2D eigenvalue weighted by Gasteiger charge is -2.41. The van der Waals surface area contributed by atoms with E-state index in [1.807, 2.05) is 32.0 Å². The predicted octanol–water partition coefficient (Wildman–Crippen LogP) is 5.50. The lowest BCUT2D eigenvalue weighted by atomic mass is 9.73. The summed E-state index contributed by atoms with van der Waals surface area (Å²) in [5.74, 6) is -5.27. The average Bonchev–Trinajstić information content (AvgIpc) is 3.27. The first kappa shape index (κ1) is 32.1. The Morgan fingerprint density at radius 1 is 1.02 bits per heavy atom. The van der Waals surface area contributed by atoms with Gasteiger partial charge in [0.1, 0.15) is 17.6 Å². The van der Waals surface area contributed by atoms with Crippen molar-refractivity contribution in [2.75, 3.05) is 30.8 Å². The van der Waals surface area contributed by atoms with E-state index in [0.29, 0.717) is 30.9 Å². The van der Waals surface area contributed by atoms with Gasteiger partial charge in [0, 0.05) is 44.7 Å². The summed E-state index contributed by atoms with van der Waals surface area (Å²) in [5, 5.41) is 5.14. The van der Waals surface area contributed by atoms with Gasteiger partial charge in [-0.1, -0.05) is 6.07 Å². The molecule has 1 saturated heterocycles. The largest absolute Gasteiger partial charge is 0.489 e. The van der Waals surface area contributed by atoms with E-state index >= 15 is 0 Å². The minimum atomic E-state index is -1.60. The molecule has 45 heavy (non-hydrogen) atoms. The first-order valence-corrected chi connectivity index (χ1v) is 15.1. The summed E-state index contributed by atoms with van der Waals surface area (Å²) in [6.45, 7) is 5.31. The van der Waals surface area contributed by atoms with Gasteiger partial charge in [0.05, 0.1) is 11.8 Å². The van der Waals surface area contributed by atoms with Crippen molar-refractivity contribution < 1.29 is 31.9 Å². The molecular weight excluding hydrogens is 588 g/mol. The topological polar surface area (TPSA) is 96.7 Å². The zero-order valence-electron chi connectivity index (χ0n) is 25.6. The number of hydrogen-bond donors (Lipinski definition) is 3. The molecule has 2 atom stereocenters. The Morgan fingerprint density at radius 2 is 1.71 bits per heavy atom. The number of carbonyl (C=O) groups excluding carboxylic acids is 2. The summed E-state index contributed by atoms with van der Waals surface area (Å²) in [7, 11) is 1.38. The molecule has 0 saturated carbocycles. The van der Waals surface area contributed by atoms with Crippen LogP contribution in [0.25, 0.3) is 0 Å². The van der Waals surface area contributed by atoms with Crippen molar-refractivity contribution in [3.05, 3.63) is 88.5 Å². The number of likely N-dealkylation sites (N-methyl/N-ethyl adjacent to an activating group) is 1. The Balaban J connectivity index is 1.30. The van der Waals surface area contributed by atoms with Gasteiger partial charge in [0.15, 0.2) is 17.5 Å². The molecule has 0 bridgehead atoms. The second-order valence-corrected chi connectivity index (χ2v) is 12.3. The Kier molecular flexibility index (Phi) is 9.27. The minimum absolute atomic E-state index is 0.0215. The van der Waals surface area contributed by atoms with Crippen molar-refractivity contribution in [2.24, 2.45) is 0 Å². The molecule has 240 valence electrons. The highest BCUT2D eigenvalue weighted by molar-refractivity contribution is 5.88. The molecule has 1 heterocycles. The van der Waals surface area contributed by atoms with Gasteiger partial charge >= 0.3 is 0 Å². The average molecular weight is 627 g/mol. The first-order chi connectivity index (χ1) is 21.4. The lowest BCUT2D eigenvalue weighted by Crippen LogP contribution is -2.47. The number of nitrogens with one attached hydrogen (secondary N) is 2. The molecule has 3 aromatic carbocycles. The number of nitrogens with two attached hydrogens (primary N) is 1. The van der Waals surface area contributed by atoms with Crippen molar-refractivity contribution >= 4 is 23.2 Å². The molecule has 0 aromatic heterocycles. The zero-order chi connectivity index (χ0) is 32.5. The third-order valence-electron chi connectivity index (χ3n) is 8.92. The molecule has 5 rings (SSSR count). The van der Waals surface area contributed by atoms with E-state index < -0.39 is 35.3 Å². The Labute approximate surface area is 260 Å². The Bertz CT molecular complexity index is 1570. The van der Waals surface area contributed by atoms with Gasteiger partial charge in [-0.2, -0.15) is 0 Å². The molecule has 1 aliphatic heterocycles. The summed E-state index contributed by atoms with van der Waals surface area (Å²) in [5.41, 5.74) is 9.18. The predicted molar refractivity (Wildman–Crippen MR) is 164 cm³/mol. The van der Waals surface area contributed by atoms with Crippen molar-refractivity contribution in [1.82, 2.24) is 10.6 Å². The first-order valence-electron chi connectivity index (χ1n) is 15.1. The van der Waals surface area contributed by atoms with Gasteiger partial charge in [-0.3, -0.25) is 9.59 Å². The van der Waals surface area contributed by atoms with Crippen LogP contribution in [0.4, 0.5) is 28.9 Å². The summed E-state index contributed by atoms with van der Waals surface area (Å²) in [4.78, 5) is 28.2. The van der Waals surface area contributed by atoms with Gasteiger partial charge in [0.25, 0.3) is 0 Å². The zero-order valence-corrected chi connectivity index (χ0v) is 25.6. The molecule has 1 spiro atoms. The van der Waals surface area contributed by atoms with Crippen molar-refractivity contribution in [3.8, 4) is 5.75 Å². The number of fused-ring (bicyclic) bond motifs is 2. The minimum Gasteiger partial charge on any atom is -0.489 e. The highest BCUT2D eigenvalue weighted by atomic mass is 19.2. The third kappa shape index (κ3) is 6.87. The van der Waals surface area contributed by atoms with E-state index in [1.54, 1.807) is 12.1 Å². The standard InChI is InChI=1S/C34H38F4N4O3/c1-19(2)45-30-17-23(5-7-28(30)39)42-10-8-34(9-11-42)18-21(24-6-4-22(35)16-25(24)34)15-31(43)41-29(33(44)40-3)14-20-12-26(36)32(38)27(37)13-20/h4-7,12-13,16-17,19,21,29H,8-11,14-15,18,39H2,1-3H3,(H,40,44)(H,41,43)/t21?,29-/m1/s1. The SMILES string of the molecule is CNC(=O)[C@@H](Cc1cc(F)c(F)c(F)c1)NC(=O)CC1CC2(CCN(c3ccc(N)c(OC(C)C)c3)CC2)c2cc(F)ccc21. The molecule has 3 aromatic rings.